The Morgan fingerprint density at radius 1 is 1.20 bits per heavy atom. The van der Waals surface area contributed by atoms with Crippen LogP contribution in [0.5, 0.6) is 5.75 Å². The normalized spacial score (nSPS) is 15.9. The molecule has 1 unspecified atom stereocenters. The molecule has 0 radical (unpaired) electrons. The first-order valence-electron chi connectivity index (χ1n) is 8.99. The maximum absolute atomic E-state index is 12.5. The predicted octanol–water partition coefficient (Wildman–Crippen LogP) is 3.55. The van der Waals surface area contributed by atoms with Gasteiger partial charge in [-0.1, -0.05) is 0 Å². The molecule has 1 fully saturated rings. The molecule has 5 heteroatoms. The van der Waals surface area contributed by atoms with Crippen LogP contribution in [0.25, 0.3) is 0 Å². The smallest absolute Gasteiger partial charge is 0.251 e. The zero-order valence-corrected chi connectivity index (χ0v) is 15.0. The lowest BCUT2D eigenvalue weighted by atomic mass is 10.1. The fraction of sp³-hybridized carbons (Fsp3) is 0.450. The summed E-state index contributed by atoms with van der Waals surface area (Å²) in [7, 11) is 0. The largest absolute Gasteiger partial charge is 0.494 e. The highest BCUT2D eigenvalue weighted by atomic mass is 16.5. The number of nitrogens with one attached hydrogen (secondary N) is 1. The van der Waals surface area contributed by atoms with Crippen molar-refractivity contribution in [2.45, 2.75) is 32.7 Å². The number of likely N-dealkylation sites (tertiary alicyclic amines) is 1. The number of ether oxygens (including phenoxy) is 1. The summed E-state index contributed by atoms with van der Waals surface area (Å²) in [6, 6.07) is 11.3. The maximum atomic E-state index is 12.5. The van der Waals surface area contributed by atoms with Crippen LogP contribution in [0, 0.1) is 6.92 Å². The minimum atomic E-state index is -0.0736. The SMILES string of the molecule is CCOc1ccc(C(=O)NCC(c2ccc(C)o2)N2CCCC2)cc1. The number of carbonyl (C=O) groups is 1. The summed E-state index contributed by atoms with van der Waals surface area (Å²) < 4.78 is 11.2. The lowest BCUT2D eigenvalue weighted by Crippen LogP contribution is -2.36. The summed E-state index contributed by atoms with van der Waals surface area (Å²) in [5.74, 6) is 2.53. The summed E-state index contributed by atoms with van der Waals surface area (Å²) in [6.07, 6.45) is 2.39. The van der Waals surface area contributed by atoms with Crippen molar-refractivity contribution in [3.63, 3.8) is 0 Å². The number of amides is 1. The third-order valence-corrected chi connectivity index (χ3v) is 4.55. The van der Waals surface area contributed by atoms with Gasteiger partial charge in [0.1, 0.15) is 17.3 Å². The summed E-state index contributed by atoms with van der Waals surface area (Å²) in [5.41, 5.74) is 0.638. The highest BCUT2D eigenvalue weighted by Gasteiger charge is 2.26. The second kappa shape index (κ2) is 8.21. The average Bonchev–Trinajstić information content (AvgIpc) is 3.28. The van der Waals surface area contributed by atoms with Crippen molar-refractivity contribution in [1.29, 1.82) is 0 Å². The molecule has 1 N–H and O–H groups in total. The van der Waals surface area contributed by atoms with Gasteiger partial charge in [0.05, 0.1) is 12.6 Å². The Bertz CT molecular complexity index is 687. The van der Waals surface area contributed by atoms with Crippen LogP contribution >= 0.6 is 0 Å². The van der Waals surface area contributed by atoms with Gasteiger partial charge in [-0.25, -0.2) is 0 Å². The highest BCUT2D eigenvalue weighted by Crippen LogP contribution is 2.26. The van der Waals surface area contributed by atoms with Gasteiger partial charge in [-0.3, -0.25) is 9.69 Å². The number of nitrogens with zero attached hydrogens (tertiary/aromatic N) is 1. The fourth-order valence-corrected chi connectivity index (χ4v) is 3.26. The Labute approximate surface area is 149 Å². The van der Waals surface area contributed by atoms with Gasteiger partial charge in [-0.15, -0.1) is 0 Å². The van der Waals surface area contributed by atoms with E-state index in [1.165, 1.54) is 12.8 Å². The number of carbonyl (C=O) groups excluding carboxylic acids is 1. The topological polar surface area (TPSA) is 54.7 Å². The van der Waals surface area contributed by atoms with Crippen LogP contribution < -0.4 is 10.1 Å². The number of hydrogen-bond donors (Lipinski definition) is 1. The van der Waals surface area contributed by atoms with Gasteiger partial charge in [-0.2, -0.15) is 0 Å². The highest BCUT2D eigenvalue weighted by molar-refractivity contribution is 5.94. The molecule has 1 aliphatic rings. The van der Waals surface area contributed by atoms with E-state index in [1.807, 2.05) is 38.1 Å². The van der Waals surface area contributed by atoms with E-state index in [0.717, 1.165) is 30.4 Å². The number of hydrogen-bond acceptors (Lipinski definition) is 4. The Morgan fingerprint density at radius 3 is 2.52 bits per heavy atom. The zero-order chi connectivity index (χ0) is 17.6. The van der Waals surface area contributed by atoms with Crippen molar-refractivity contribution in [2.75, 3.05) is 26.2 Å². The van der Waals surface area contributed by atoms with E-state index in [1.54, 1.807) is 12.1 Å². The quantitative estimate of drug-likeness (QED) is 0.836. The molecule has 0 aliphatic carbocycles. The van der Waals surface area contributed by atoms with Crippen molar-refractivity contribution in [1.82, 2.24) is 10.2 Å². The van der Waals surface area contributed by atoms with E-state index in [-0.39, 0.29) is 11.9 Å². The number of furan rings is 1. The first-order chi connectivity index (χ1) is 12.2. The lowest BCUT2D eigenvalue weighted by Gasteiger charge is -2.26. The van der Waals surface area contributed by atoms with Gasteiger partial charge < -0.3 is 14.5 Å². The minimum Gasteiger partial charge on any atom is -0.494 e. The van der Waals surface area contributed by atoms with Crippen molar-refractivity contribution in [3.8, 4) is 5.75 Å². The minimum absolute atomic E-state index is 0.0736. The second-order valence-corrected chi connectivity index (χ2v) is 6.37. The van der Waals surface area contributed by atoms with Crippen molar-refractivity contribution >= 4 is 5.91 Å². The maximum Gasteiger partial charge on any atom is 0.251 e. The zero-order valence-electron chi connectivity index (χ0n) is 15.0. The average molecular weight is 342 g/mol. The molecule has 1 aliphatic heterocycles. The van der Waals surface area contributed by atoms with Crippen LogP contribution in [0.3, 0.4) is 0 Å². The summed E-state index contributed by atoms with van der Waals surface area (Å²) in [4.78, 5) is 14.9. The Kier molecular flexibility index (Phi) is 5.76. The molecule has 3 rings (SSSR count). The van der Waals surface area contributed by atoms with Gasteiger partial charge in [0, 0.05) is 12.1 Å². The van der Waals surface area contributed by atoms with Crippen molar-refractivity contribution in [2.24, 2.45) is 0 Å². The number of rotatable bonds is 7. The summed E-state index contributed by atoms with van der Waals surface area (Å²) >= 11 is 0. The standard InChI is InChI=1S/C20H26N2O3/c1-3-24-17-9-7-16(8-10-17)20(23)21-14-18(22-12-4-5-13-22)19-11-6-15(2)25-19/h6-11,18H,3-5,12-14H2,1-2H3,(H,21,23). The Balaban J connectivity index is 1.64. The molecular weight excluding hydrogens is 316 g/mol. The second-order valence-electron chi connectivity index (χ2n) is 6.37. The predicted molar refractivity (Wildman–Crippen MR) is 96.9 cm³/mol. The Morgan fingerprint density at radius 2 is 1.92 bits per heavy atom. The molecule has 0 bridgehead atoms. The van der Waals surface area contributed by atoms with Crippen LogP contribution in [0.15, 0.2) is 40.8 Å². The number of aryl methyl sites for hydroxylation is 1. The first kappa shape index (κ1) is 17.5. The van der Waals surface area contributed by atoms with Gasteiger partial charge in [0.2, 0.25) is 0 Å². The molecular formula is C20H26N2O3. The summed E-state index contributed by atoms with van der Waals surface area (Å²) in [5, 5.41) is 3.05. The lowest BCUT2D eigenvalue weighted by molar-refractivity contribution is 0.0933. The van der Waals surface area contributed by atoms with E-state index in [2.05, 4.69) is 10.2 Å². The number of benzene rings is 1. The molecule has 1 amide bonds. The fourth-order valence-electron chi connectivity index (χ4n) is 3.26. The molecule has 1 aromatic heterocycles. The van der Waals surface area contributed by atoms with Crippen LogP contribution in [0.2, 0.25) is 0 Å². The van der Waals surface area contributed by atoms with Crippen LogP contribution in [-0.2, 0) is 0 Å². The molecule has 1 atom stereocenters. The molecule has 1 aromatic carbocycles. The van der Waals surface area contributed by atoms with E-state index in [4.69, 9.17) is 9.15 Å². The van der Waals surface area contributed by atoms with Crippen LogP contribution in [-0.4, -0.2) is 37.0 Å². The van der Waals surface area contributed by atoms with E-state index in [0.29, 0.717) is 18.7 Å². The monoisotopic (exact) mass is 342 g/mol. The third-order valence-electron chi connectivity index (χ3n) is 4.55. The van der Waals surface area contributed by atoms with E-state index in [9.17, 15) is 4.79 Å². The molecule has 5 nitrogen and oxygen atoms in total. The van der Waals surface area contributed by atoms with Gasteiger partial charge in [-0.05, 0) is 76.2 Å². The van der Waals surface area contributed by atoms with Gasteiger partial charge in [0.25, 0.3) is 5.91 Å². The first-order valence-corrected chi connectivity index (χ1v) is 8.99. The Hall–Kier alpha value is -2.27. The van der Waals surface area contributed by atoms with Gasteiger partial charge >= 0.3 is 0 Å². The molecule has 25 heavy (non-hydrogen) atoms. The third kappa shape index (κ3) is 4.42. The van der Waals surface area contributed by atoms with Crippen molar-refractivity contribution < 1.29 is 13.9 Å². The molecule has 2 aromatic rings. The van der Waals surface area contributed by atoms with Gasteiger partial charge in [0.15, 0.2) is 0 Å². The van der Waals surface area contributed by atoms with E-state index < -0.39 is 0 Å². The van der Waals surface area contributed by atoms with Crippen molar-refractivity contribution in [3.05, 3.63) is 53.5 Å². The molecule has 0 saturated carbocycles. The van der Waals surface area contributed by atoms with Crippen LogP contribution in [0.1, 0.15) is 47.7 Å². The molecule has 2 heterocycles. The molecule has 0 spiro atoms. The summed E-state index contributed by atoms with van der Waals surface area (Å²) in [6.45, 7) is 7.13. The van der Waals surface area contributed by atoms with E-state index >= 15 is 0 Å². The molecule has 1 saturated heterocycles. The molecule has 134 valence electrons. The van der Waals surface area contributed by atoms with Crippen LogP contribution in [0.4, 0.5) is 0 Å².